The quantitative estimate of drug-likeness (QED) is 0.827. The fourth-order valence-electron chi connectivity index (χ4n) is 4.82. The van der Waals surface area contributed by atoms with E-state index in [-0.39, 0.29) is 18.2 Å². The molecule has 0 aromatic heterocycles. The second-order valence-electron chi connectivity index (χ2n) is 7.77. The van der Waals surface area contributed by atoms with Gasteiger partial charge < -0.3 is 19.9 Å². The summed E-state index contributed by atoms with van der Waals surface area (Å²) in [6.07, 6.45) is 5.57. The molecule has 0 radical (unpaired) electrons. The van der Waals surface area contributed by atoms with Gasteiger partial charge in [-0.3, -0.25) is 0 Å². The standard InChI is InChI=1S/C21H21N3O3/c1-20-7-8-25-18(20)21(12-26-19(23)24-21)16-10-15(5-6-17(16)27-20)14-4-2-3-13(9-14)11-22/h2-5,9-10,17-18H,6-8,12H2,1H3,(H2,23,24)/t17?,18-,20+,21+/m1/s1. The maximum absolute atomic E-state index is 9.21. The molecule has 1 aliphatic carbocycles. The lowest BCUT2D eigenvalue weighted by molar-refractivity contribution is -0.157. The third kappa shape index (κ3) is 2.35. The fourth-order valence-corrected chi connectivity index (χ4v) is 4.82. The van der Waals surface area contributed by atoms with E-state index < -0.39 is 11.1 Å². The highest BCUT2D eigenvalue weighted by atomic mass is 16.6. The minimum Gasteiger partial charge on any atom is -0.462 e. The van der Waals surface area contributed by atoms with Gasteiger partial charge in [-0.25, -0.2) is 4.99 Å². The molecule has 2 N–H and O–H groups in total. The van der Waals surface area contributed by atoms with Gasteiger partial charge in [-0.05, 0) is 42.2 Å². The van der Waals surface area contributed by atoms with Crippen molar-refractivity contribution in [2.24, 2.45) is 10.7 Å². The summed E-state index contributed by atoms with van der Waals surface area (Å²) in [5.74, 6) is 0. The number of amidine groups is 1. The van der Waals surface area contributed by atoms with Gasteiger partial charge in [0.15, 0.2) is 5.54 Å². The first-order valence-electron chi connectivity index (χ1n) is 9.24. The number of nitriles is 1. The van der Waals surface area contributed by atoms with Crippen molar-refractivity contribution >= 4 is 11.6 Å². The number of benzene rings is 1. The van der Waals surface area contributed by atoms with Crippen LogP contribution in [0.25, 0.3) is 5.57 Å². The minimum absolute atomic E-state index is 0.0749. The van der Waals surface area contributed by atoms with Gasteiger partial charge in [0.25, 0.3) is 6.02 Å². The molecule has 1 unspecified atom stereocenters. The lowest BCUT2D eigenvalue weighted by atomic mass is 9.70. The highest BCUT2D eigenvalue weighted by molar-refractivity contribution is 5.80. The normalized spacial score (nSPS) is 36.8. The number of aliphatic imine (C=N–C) groups is 1. The number of nitrogens with two attached hydrogens (primary N) is 1. The molecule has 1 aromatic rings. The molecule has 6 nitrogen and oxygen atoms in total. The molecular weight excluding hydrogens is 342 g/mol. The van der Waals surface area contributed by atoms with Gasteiger partial charge in [0.1, 0.15) is 12.7 Å². The van der Waals surface area contributed by atoms with Crippen molar-refractivity contribution in [2.45, 2.75) is 43.1 Å². The number of hydrogen-bond acceptors (Lipinski definition) is 6. The van der Waals surface area contributed by atoms with E-state index in [1.54, 1.807) is 0 Å². The maximum atomic E-state index is 9.21. The third-order valence-electron chi connectivity index (χ3n) is 6.07. The Kier molecular flexibility index (Phi) is 3.48. The highest BCUT2D eigenvalue weighted by Crippen LogP contribution is 2.52. The molecule has 0 bridgehead atoms. The molecule has 0 saturated carbocycles. The first kappa shape index (κ1) is 16.5. The van der Waals surface area contributed by atoms with E-state index in [1.807, 2.05) is 24.3 Å². The Balaban J connectivity index is 1.62. The van der Waals surface area contributed by atoms with Gasteiger partial charge in [-0.15, -0.1) is 0 Å². The second kappa shape index (κ2) is 5.69. The summed E-state index contributed by atoms with van der Waals surface area (Å²) < 4.78 is 18.2. The number of hydrogen-bond donors (Lipinski definition) is 1. The van der Waals surface area contributed by atoms with Crippen molar-refractivity contribution in [2.75, 3.05) is 13.2 Å². The molecule has 1 spiro atoms. The monoisotopic (exact) mass is 363 g/mol. The van der Waals surface area contributed by atoms with E-state index in [9.17, 15) is 5.26 Å². The van der Waals surface area contributed by atoms with Crippen molar-refractivity contribution in [3.8, 4) is 6.07 Å². The Morgan fingerprint density at radius 3 is 3.04 bits per heavy atom. The SMILES string of the molecule is C[C@]12CCO[C@H]1[C@]1(COC(N)=N1)C1=CC(c3cccc(C#N)c3)=CCC1O2. The molecule has 5 rings (SSSR count). The summed E-state index contributed by atoms with van der Waals surface area (Å²) >= 11 is 0. The van der Waals surface area contributed by atoms with Gasteiger partial charge in [0, 0.05) is 6.42 Å². The van der Waals surface area contributed by atoms with Crippen molar-refractivity contribution in [1.82, 2.24) is 0 Å². The van der Waals surface area contributed by atoms with E-state index in [1.165, 1.54) is 0 Å². The summed E-state index contributed by atoms with van der Waals surface area (Å²) in [6.45, 7) is 3.11. The summed E-state index contributed by atoms with van der Waals surface area (Å²) in [5, 5.41) is 9.21. The Morgan fingerprint density at radius 1 is 1.37 bits per heavy atom. The maximum Gasteiger partial charge on any atom is 0.283 e. The van der Waals surface area contributed by atoms with Crippen molar-refractivity contribution in [3.05, 3.63) is 53.1 Å². The van der Waals surface area contributed by atoms with Crippen LogP contribution in [0, 0.1) is 11.3 Å². The van der Waals surface area contributed by atoms with Gasteiger partial charge in [0.2, 0.25) is 0 Å². The van der Waals surface area contributed by atoms with Crippen LogP contribution in [-0.2, 0) is 14.2 Å². The molecule has 3 heterocycles. The summed E-state index contributed by atoms with van der Waals surface area (Å²) in [5.41, 5.74) is 8.63. The first-order valence-corrected chi connectivity index (χ1v) is 9.24. The van der Waals surface area contributed by atoms with Crippen LogP contribution in [0.2, 0.25) is 0 Å². The van der Waals surface area contributed by atoms with Crippen LogP contribution in [0.5, 0.6) is 0 Å². The zero-order valence-electron chi connectivity index (χ0n) is 15.1. The van der Waals surface area contributed by atoms with E-state index in [4.69, 9.17) is 24.9 Å². The summed E-state index contributed by atoms with van der Waals surface area (Å²) in [4.78, 5) is 4.73. The Bertz CT molecular complexity index is 944. The molecule has 4 atom stereocenters. The van der Waals surface area contributed by atoms with Crippen LogP contribution in [0.15, 0.2) is 47.0 Å². The molecule has 2 saturated heterocycles. The molecule has 3 aliphatic heterocycles. The van der Waals surface area contributed by atoms with Gasteiger partial charge in [-0.2, -0.15) is 5.26 Å². The largest absolute Gasteiger partial charge is 0.462 e. The van der Waals surface area contributed by atoms with Gasteiger partial charge in [0.05, 0.1) is 29.9 Å². The van der Waals surface area contributed by atoms with Crippen molar-refractivity contribution in [3.63, 3.8) is 0 Å². The lowest BCUT2D eigenvalue weighted by Crippen LogP contribution is -2.62. The molecule has 1 aromatic carbocycles. The number of nitrogens with zero attached hydrogens (tertiary/aromatic N) is 2. The molecule has 138 valence electrons. The highest BCUT2D eigenvalue weighted by Gasteiger charge is 2.63. The van der Waals surface area contributed by atoms with E-state index >= 15 is 0 Å². The summed E-state index contributed by atoms with van der Waals surface area (Å²) in [6, 6.07) is 10.0. The average molecular weight is 363 g/mol. The Labute approximate surface area is 157 Å². The molecule has 6 heteroatoms. The fraction of sp³-hybridized carbons (Fsp3) is 0.429. The van der Waals surface area contributed by atoms with Gasteiger partial charge in [-0.1, -0.05) is 24.3 Å². The number of allylic oxidation sites excluding steroid dienone is 2. The third-order valence-corrected chi connectivity index (χ3v) is 6.07. The van der Waals surface area contributed by atoms with Crippen LogP contribution in [0.4, 0.5) is 0 Å². The predicted octanol–water partition coefficient (Wildman–Crippen LogP) is 2.30. The molecule has 0 amide bonds. The molecule has 27 heavy (non-hydrogen) atoms. The van der Waals surface area contributed by atoms with Gasteiger partial charge >= 0.3 is 0 Å². The molecule has 4 aliphatic rings. The average Bonchev–Trinajstić information content (AvgIpc) is 3.26. The zero-order valence-corrected chi connectivity index (χ0v) is 15.1. The topological polar surface area (TPSA) is 89.9 Å². The predicted molar refractivity (Wildman–Crippen MR) is 99.8 cm³/mol. The summed E-state index contributed by atoms with van der Waals surface area (Å²) in [7, 11) is 0. The number of fused-ring (bicyclic) bond motifs is 4. The first-order chi connectivity index (χ1) is 13.0. The Hall–Kier alpha value is -2.62. The minimum atomic E-state index is -0.648. The number of ether oxygens (including phenoxy) is 3. The smallest absolute Gasteiger partial charge is 0.283 e. The van der Waals surface area contributed by atoms with E-state index in [2.05, 4.69) is 25.1 Å². The van der Waals surface area contributed by atoms with Crippen molar-refractivity contribution < 1.29 is 14.2 Å². The van der Waals surface area contributed by atoms with Crippen LogP contribution < -0.4 is 5.73 Å². The van der Waals surface area contributed by atoms with Crippen LogP contribution in [-0.4, -0.2) is 42.6 Å². The van der Waals surface area contributed by atoms with Crippen molar-refractivity contribution in [1.29, 1.82) is 5.26 Å². The van der Waals surface area contributed by atoms with E-state index in [0.717, 1.165) is 29.6 Å². The lowest BCUT2D eigenvalue weighted by Gasteiger charge is -2.50. The number of rotatable bonds is 1. The van der Waals surface area contributed by atoms with Crippen LogP contribution >= 0.6 is 0 Å². The Morgan fingerprint density at radius 2 is 2.26 bits per heavy atom. The second-order valence-corrected chi connectivity index (χ2v) is 7.77. The van der Waals surface area contributed by atoms with E-state index in [0.29, 0.717) is 18.8 Å². The van der Waals surface area contributed by atoms with Crippen LogP contribution in [0.1, 0.15) is 30.9 Å². The zero-order chi connectivity index (χ0) is 18.6. The molecule has 2 fully saturated rings. The van der Waals surface area contributed by atoms with Crippen LogP contribution in [0.3, 0.4) is 0 Å². The molecular formula is C21H21N3O3.